The molecular formula is C7H3BrClFN2. The molecule has 2 N–H and O–H groups in total. The third-order valence-electron chi connectivity index (χ3n) is 1.32. The van der Waals surface area contributed by atoms with E-state index in [0.29, 0.717) is 4.47 Å². The van der Waals surface area contributed by atoms with Crippen LogP contribution in [0.1, 0.15) is 5.56 Å². The maximum Gasteiger partial charge on any atom is 0.161 e. The maximum atomic E-state index is 13.0. The van der Waals surface area contributed by atoms with Gasteiger partial charge in [0.1, 0.15) is 11.6 Å². The topological polar surface area (TPSA) is 49.8 Å². The Kier molecular flexibility index (Phi) is 2.55. The highest BCUT2D eigenvalue weighted by atomic mass is 79.9. The van der Waals surface area contributed by atoms with E-state index in [4.69, 9.17) is 22.6 Å². The highest BCUT2D eigenvalue weighted by molar-refractivity contribution is 9.10. The maximum absolute atomic E-state index is 13.0. The molecule has 12 heavy (non-hydrogen) atoms. The Morgan fingerprint density at radius 3 is 2.75 bits per heavy atom. The van der Waals surface area contributed by atoms with Gasteiger partial charge in [0.15, 0.2) is 5.82 Å². The largest absolute Gasteiger partial charge is 0.397 e. The van der Waals surface area contributed by atoms with Gasteiger partial charge < -0.3 is 5.73 Å². The Hall–Kier alpha value is -0.790. The number of nitrogens with zero attached hydrogens (tertiary/aromatic N) is 1. The molecule has 0 saturated carbocycles. The average molecular weight is 249 g/mol. The van der Waals surface area contributed by atoms with Crippen molar-refractivity contribution >= 4 is 33.2 Å². The Balaban J connectivity index is 3.56. The average Bonchev–Trinajstić information content (AvgIpc) is 2.02. The number of hydrogen-bond donors (Lipinski definition) is 1. The molecule has 0 saturated heterocycles. The van der Waals surface area contributed by atoms with E-state index in [2.05, 4.69) is 15.9 Å². The van der Waals surface area contributed by atoms with Gasteiger partial charge in [0.2, 0.25) is 0 Å². The first-order valence-electron chi connectivity index (χ1n) is 2.91. The second kappa shape index (κ2) is 3.30. The minimum absolute atomic E-state index is 0.0689. The molecule has 5 heteroatoms. The highest BCUT2D eigenvalue weighted by Crippen LogP contribution is 2.30. The van der Waals surface area contributed by atoms with Gasteiger partial charge in [0, 0.05) is 4.47 Å². The van der Waals surface area contributed by atoms with Crippen LogP contribution in [0.2, 0.25) is 5.02 Å². The van der Waals surface area contributed by atoms with Gasteiger partial charge >= 0.3 is 0 Å². The van der Waals surface area contributed by atoms with Crippen LogP contribution in [0.3, 0.4) is 0 Å². The van der Waals surface area contributed by atoms with Crippen LogP contribution < -0.4 is 5.73 Å². The third-order valence-corrected chi connectivity index (χ3v) is 2.25. The molecule has 0 unspecified atom stereocenters. The second-order valence-corrected chi connectivity index (χ2v) is 3.32. The summed E-state index contributed by atoms with van der Waals surface area (Å²) in [4.78, 5) is 0. The molecule has 0 aliphatic heterocycles. The molecule has 0 radical (unpaired) electrons. The lowest BCUT2D eigenvalue weighted by Gasteiger charge is -2.02. The fraction of sp³-hybridized carbons (Fsp3) is 0. The monoisotopic (exact) mass is 248 g/mol. The van der Waals surface area contributed by atoms with Gasteiger partial charge in [-0.3, -0.25) is 0 Å². The second-order valence-electron chi connectivity index (χ2n) is 2.05. The zero-order valence-corrected chi connectivity index (χ0v) is 8.08. The van der Waals surface area contributed by atoms with Crippen LogP contribution in [0.15, 0.2) is 10.5 Å². The van der Waals surface area contributed by atoms with E-state index in [0.717, 1.165) is 0 Å². The summed E-state index contributed by atoms with van der Waals surface area (Å²) in [7, 11) is 0. The molecule has 0 spiro atoms. The Morgan fingerprint density at radius 2 is 2.25 bits per heavy atom. The van der Waals surface area contributed by atoms with E-state index in [1.807, 2.05) is 0 Å². The number of halogens is 3. The van der Waals surface area contributed by atoms with Crippen LogP contribution in [0.25, 0.3) is 0 Å². The lowest BCUT2D eigenvalue weighted by Crippen LogP contribution is -1.96. The van der Waals surface area contributed by atoms with E-state index in [9.17, 15) is 4.39 Å². The van der Waals surface area contributed by atoms with Crippen molar-refractivity contribution in [2.75, 3.05) is 5.73 Å². The Labute approximate surface area is 81.9 Å². The van der Waals surface area contributed by atoms with Crippen molar-refractivity contribution in [3.05, 3.63) is 26.9 Å². The SMILES string of the molecule is N#Cc1c(N)c(Br)cc(Cl)c1F. The molecule has 62 valence electrons. The Bertz CT molecular complexity index is 346. The first kappa shape index (κ1) is 9.30. The third kappa shape index (κ3) is 1.38. The van der Waals surface area contributed by atoms with E-state index in [1.54, 1.807) is 6.07 Å². The van der Waals surface area contributed by atoms with E-state index in [-0.39, 0.29) is 16.3 Å². The lowest BCUT2D eigenvalue weighted by atomic mass is 10.2. The van der Waals surface area contributed by atoms with E-state index in [1.165, 1.54) is 6.07 Å². The zero-order chi connectivity index (χ0) is 9.30. The summed E-state index contributed by atoms with van der Waals surface area (Å²) in [6.07, 6.45) is 0. The molecular weight excluding hydrogens is 246 g/mol. The number of nitrogen functional groups attached to an aromatic ring is 1. The first-order valence-corrected chi connectivity index (χ1v) is 4.08. The van der Waals surface area contributed by atoms with Crippen LogP contribution >= 0.6 is 27.5 Å². The van der Waals surface area contributed by atoms with Crippen LogP contribution in [-0.2, 0) is 0 Å². The van der Waals surface area contributed by atoms with Crippen molar-refractivity contribution in [1.82, 2.24) is 0 Å². The van der Waals surface area contributed by atoms with Crippen molar-refractivity contribution in [2.45, 2.75) is 0 Å². The summed E-state index contributed by atoms with van der Waals surface area (Å²) in [5, 5.41) is 8.38. The van der Waals surface area contributed by atoms with Crippen LogP contribution in [0.5, 0.6) is 0 Å². The molecule has 0 aliphatic carbocycles. The minimum atomic E-state index is -0.778. The van der Waals surface area contributed by atoms with Crippen molar-refractivity contribution < 1.29 is 4.39 Å². The molecule has 1 aromatic carbocycles. The van der Waals surface area contributed by atoms with Crippen molar-refractivity contribution in [3.8, 4) is 6.07 Å². The molecule has 0 aromatic heterocycles. The molecule has 0 amide bonds. The fourth-order valence-electron chi connectivity index (χ4n) is 0.719. The summed E-state index contributed by atoms with van der Waals surface area (Å²) in [5.41, 5.74) is 5.24. The predicted molar refractivity (Wildman–Crippen MR) is 48.2 cm³/mol. The number of anilines is 1. The van der Waals surface area contributed by atoms with Crippen LogP contribution in [0, 0.1) is 17.1 Å². The number of benzene rings is 1. The molecule has 0 bridgehead atoms. The molecule has 0 atom stereocenters. The van der Waals surface area contributed by atoms with Gasteiger partial charge in [0.05, 0.1) is 10.7 Å². The van der Waals surface area contributed by atoms with Crippen LogP contribution in [0.4, 0.5) is 10.1 Å². The number of nitrogens with two attached hydrogens (primary N) is 1. The fourth-order valence-corrected chi connectivity index (χ4v) is 1.48. The molecule has 2 nitrogen and oxygen atoms in total. The Morgan fingerprint density at radius 1 is 1.67 bits per heavy atom. The molecule has 0 heterocycles. The minimum Gasteiger partial charge on any atom is -0.397 e. The summed E-state index contributed by atoms with van der Waals surface area (Å²) in [5.74, 6) is -0.778. The van der Waals surface area contributed by atoms with Crippen LogP contribution in [-0.4, -0.2) is 0 Å². The molecule has 1 rings (SSSR count). The van der Waals surface area contributed by atoms with Crippen molar-refractivity contribution in [2.24, 2.45) is 0 Å². The summed E-state index contributed by atoms with van der Waals surface area (Å²) >= 11 is 8.50. The van der Waals surface area contributed by atoms with Gasteiger partial charge in [0.25, 0.3) is 0 Å². The van der Waals surface area contributed by atoms with Gasteiger partial charge in [-0.15, -0.1) is 0 Å². The van der Waals surface area contributed by atoms with E-state index >= 15 is 0 Å². The molecule has 0 fully saturated rings. The summed E-state index contributed by atoms with van der Waals surface area (Å²) in [6, 6.07) is 2.94. The number of hydrogen-bond acceptors (Lipinski definition) is 2. The lowest BCUT2D eigenvalue weighted by molar-refractivity contribution is 0.625. The number of rotatable bonds is 0. The quantitative estimate of drug-likeness (QED) is 0.568. The standard InChI is InChI=1S/C7H3BrClFN2/c8-4-1-5(9)6(10)3(2-11)7(4)12/h1H,12H2. The summed E-state index contributed by atoms with van der Waals surface area (Å²) < 4.78 is 13.4. The molecule has 1 aromatic rings. The van der Waals surface area contributed by atoms with Crippen molar-refractivity contribution in [1.29, 1.82) is 5.26 Å². The normalized spacial score (nSPS) is 9.50. The van der Waals surface area contributed by atoms with Crippen molar-refractivity contribution in [3.63, 3.8) is 0 Å². The van der Waals surface area contributed by atoms with E-state index < -0.39 is 5.82 Å². The van der Waals surface area contributed by atoms with Gasteiger partial charge in [-0.05, 0) is 22.0 Å². The number of nitriles is 1. The predicted octanol–water partition coefficient (Wildman–Crippen LogP) is 2.70. The zero-order valence-electron chi connectivity index (χ0n) is 5.74. The smallest absolute Gasteiger partial charge is 0.161 e. The van der Waals surface area contributed by atoms with Gasteiger partial charge in [-0.1, -0.05) is 11.6 Å². The van der Waals surface area contributed by atoms with Gasteiger partial charge in [-0.25, -0.2) is 4.39 Å². The first-order chi connectivity index (χ1) is 5.57. The highest BCUT2D eigenvalue weighted by Gasteiger charge is 2.13. The molecule has 0 aliphatic rings. The summed E-state index contributed by atoms with van der Waals surface area (Å²) in [6.45, 7) is 0. The van der Waals surface area contributed by atoms with Gasteiger partial charge in [-0.2, -0.15) is 5.26 Å².